The van der Waals surface area contributed by atoms with Gasteiger partial charge < -0.3 is 24.8 Å². The van der Waals surface area contributed by atoms with E-state index in [-0.39, 0.29) is 12.5 Å². The van der Waals surface area contributed by atoms with Gasteiger partial charge in [-0.05, 0) is 38.6 Å². The third-order valence-electron chi connectivity index (χ3n) is 6.13. The first kappa shape index (κ1) is 30.8. The van der Waals surface area contributed by atoms with Gasteiger partial charge in [-0.25, -0.2) is 0 Å². The molecule has 0 atom stereocenters. The highest BCUT2D eigenvalue weighted by atomic mass is 16.5. The zero-order valence-corrected chi connectivity index (χ0v) is 22.8. The molecule has 0 saturated heterocycles. The number of nitrogens with one attached hydrogen (secondary N) is 2. The molecule has 35 heavy (non-hydrogen) atoms. The number of rotatable bonds is 22. The predicted molar refractivity (Wildman–Crippen MR) is 147 cm³/mol. The molecule has 6 heteroatoms. The fraction of sp³-hybridized carbons (Fsp3) is 0.690. The lowest BCUT2D eigenvalue weighted by molar-refractivity contribution is -0.115. The van der Waals surface area contributed by atoms with Crippen LogP contribution in [0.4, 0.5) is 5.69 Å². The Kier molecular flexibility index (Phi) is 18.6. The minimum atomic E-state index is -0.128. The second kappa shape index (κ2) is 21.1. The first-order valence-corrected chi connectivity index (χ1v) is 13.6. The van der Waals surface area contributed by atoms with E-state index in [1.54, 1.807) is 33.5 Å². The number of allylic oxidation sites excluding steroid dienone is 2. The van der Waals surface area contributed by atoms with Gasteiger partial charge in [-0.15, -0.1) is 0 Å². The van der Waals surface area contributed by atoms with E-state index >= 15 is 0 Å². The largest absolute Gasteiger partial charge is 0.496 e. The van der Waals surface area contributed by atoms with Crippen molar-refractivity contribution in [3.8, 4) is 17.2 Å². The molecule has 1 rings (SSSR count). The first-order valence-electron chi connectivity index (χ1n) is 13.6. The predicted octanol–water partition coefficient (Wildman–Crippen LogP) is 7.28. The van der Waals surface area contributed by atoms with Gasteiger partial charge in [-0.2, -0.15) is 0 Å². The van der Waals surface area contributed by atoms with Crippen LogP contribution in [0.15, 0.2) is 24.3 Å². The lowest BCUT2D eigenvalue weighted by Crippen LogP contribution is -2.29. The van der Waals surface area contributed by atoms with Crippen molar-refractivity contribution in [1.29, 1.82) is 0 Å². The molecule has 0 unspecified atom stereocenters. The number of hydrogen-bond acceptors (Lipinski definition) is 5. The van der Waals surface area contributed by atoms with Crippen LogP contribution in [-0.2, 0) is 4.79 Å². The monoisotopic (exact) mass is 490 g/mol. The molecule has 0 aliphatic heterocycles. The summed E-state index contributed by atoms with van der Waals surface area (Å²) in [7, 11) is 4.68. The number of hydrogen-bond donors (Lipinski definition) is 2. The van der Waals surface area contributed by atoms with Crippen molar-refractivity contribution in [2.24, 2.45) is 0 Å². The normalized spacial score (nSPS) is 11.1. The third kappa shape index (κ3) is 14.7. The molecule has 0 aliphatic rings. The van der Waals surface area contributed by atoms with Gasteiger partial charge >= 0.3 is 0 Å². The Morgan fingerprint density at radius 2 is 1.26 bits per heavy atom. The molecule has 0 fully saturated rings. The number of methoxy groups -OCH3 is 3. The van der Waals surface area contributed by atoms with Crippen LogP contribution in [0.5, 0.6) is 17.2 Å². The molecule has 2 N–H and O–H groups in total. The van der Waals surface area contributed by atoms with E-state index in [4.69, 9.17) is 14.2 Å². The van der Waals surface area contributed by atoms with Crippen molar-refractivity contribution in [3.05, 3.63) is 24.3 Å². The van der Waals surface area contributed by atoms with E-state index in [0.29, 0.717) is 22.9 Å². The quantitative estimate of drug-likeness (QED) is 0.132. The lowest BCUT2D eigenvalue weighted by atomic mass is 10.1. The van der Waals surface area contributed by atoms with Crippen molar-refractivity contribution in [2.75, 3.05) is 39.7 Å². The van der Waals surface area contributed by atoms with Crippen LogP contribution < -0.4 is 24.8 Å². The van der Waals surface area contributed by atoms with Crippen molar-refractivity contribution < 1.29 is 19.0 Å². The summed E-state index contributed by atoms with van der Waals surface area (Å²) in [5.74, 6) is 1.48. The fourth-order valence-electron chi connectivity index (χ4n) is 4.01. The van der Waals surface area contributed by atoms with Crippen LogP contribution in [0.3, 0.4) is 0 Å². The average Bonchev–Trinajstić information content (AvgIpc) is 2.87. The number of unbranched alkanes of at least 4 members (excludes halogenated alkanes) is 12. The molecule has 0 radical (unpaired) electrons. The summed E-state index contributed by atoms with van der Waals surface area (Å²) < 4.78 is 16.0. The zero-order valence-electron chi connectivity index (χ0n) is 22.8. The molecule has 6 nitrogen and oxygen atoms in total. The van der Waals surface area contributed by atoms with Gasteiger partial charge in [-0.3, -0.25) is 4.79 Å². The van der Waals surface area contributed by atoms with Gasteiger partial charge in [0.2, 0.25) is 5.91 Å². The van der Waals surface area contributed by atoms with E-state index in [1.165, 1.54) is 83.5 Å². The molecular weight excluding hydrogens is 440 g/mol. The highest BCUT2D eigenvalue weighted by Gasteiger charge is 2.15. The van der Waals surface area contributed by atoms with Crippen molar-refractivity contribution >= 4 is 11.6 Å². The molecule has 0 aromatic heterocycles. The molecular formula is C29H50N2O4. The lowest BCUT2D eigenvalue weighted by Gasteiger charge is -2.16. The highest BCUT2D eigenvalue weighted by molar-refractivity contribution is 5.95. The number of carbonyl (C=O) groups is 1. The summed E-state index contributed by atoms with van der Waals surface area (Å²) in [6.07, 6.45) is 22.9. The van der Waals surface area contributed by atoms with E-state index in [9.17, 15) is 4.79 Å². The molecule has 1 amide bonds. The second-order valence-corrected chi connectivity index (χ2v) is 9.07. The summed E-state index contributed by atoms with van der Waals surface area (Å²) in [6.45, 7) is 3.36. The SMILES string of the molecule is CCCCCCCC/C=C\CCCCCCCCNCC(=O)Nc1c(OC)cc(OC)cc1OC. The summed E-state index contributed by atoms with van der Waals surface area (Å²) in [6, 6.07) is 3.44. The van der Waals surface area contributed by atoms with E-state index in [2.05, 4.69) is 29.7 Å². The summed E-state index contributed by atoms with van der Waals surface area (Å²) in [5, 5.41) is 6.10. The van der Waals surface area contributed by atoms with Crippen molar-refractivity contribution in [1.82, 2.24) is 5.32 Å². The van der Waals surface area contributed by atoms with Gasteiger partial charge in [-0.1, -0.05) is 76.9 Å². The number of carbonyl (C=O) groups excluding carboxylic acids is 1. The first-order chi connectivity index (χ1) is 17.2. The van der Waals surface area contributed by atoms with Crippen LogP contribution in [0, 0.1) is 0 Å². The van der Waals surface area contributed by atoms with Gasteiger partial charge in [0.25, 0.3) is 0 Å². The van der Waals surface area contributed by atoms with Crippen molar-refractivity contribution in [3.63, 3.8) is 0 Å². The minimum absolute atomic E-state index is 0.128. The maximum absolute atomic E-state index is 12.4. The molecule has 200 valence electrons. The third-order valence-corrected chi connectivity index (χ3v) is 6.13. The Morgan fingerprint density at radius 1 is 0.743 bits per heavy atom. The van der Waals surface area contributed by atoms with Crippen LogP contribution >= 0.6 is 0 Å². The Balaban J connectivity index is 2.03. The van der Waals surface area contributed by atoms with Gasteiger partial charge in [0.1, 0.15) is 22.9 Å². The Bertz CT molecular complexity index is 681. The second-order valence-electron chi connectivity index (χ2n) is 9.07. The van der Waals surface area contributed by atoms with Crippen LogP contribution in [-0.4, -0.2) is 40.3 Å². The molecule has 0 heterocycles. The van der Waals surface area contributed by atoms with Gasteiger partial charge in [0, 0.05) is 12.1 Å². The number of benzene rings is 1. The van der Waals surface area contributed by atoms with Crippen LogP contribution in [0.1, 0.15) is 96.8 Å². The Morgan fingerprint density at radius 3 is 1.77 bits per heavy atom. The summed E-state index contributed by atoms with van der Waals surface area (Å²) in [5.41, 5.74) is 0.514. The zero-order chi connectivity index (χ0) is 25.6. The van der Waals surface area contributed by atoms with Crippen LogP contribution in [0.25, 0.3) is 0 Å². The number of anilines is 1. The molecule has 0 spiro atoms. The highest BCUT2D eigenvalue weighted by Crippen LogP contribution is 2.38. The Hall–Kier alpha value is -2.21. The average molecular weight is 491 g/mol. The summed E-state index contributed by atoms with van der Waals surface area (Å²) in [4.78, 5) is 12.4. The van der Waals surface area contributed by atoms with Crippen molar-refractivity contribution in [2.45, 2.75) is 96.8 Å². The fourth-order valence-corrected chi connectivity index (χ4v) is 4.01. The molecule has 0 saturated carbocycles. The molecule has 1 aromatic rings. The number of ether oxygens (including phenoxy) is 3. The van der Waals surface area contributed by atoms with E-state index in [0.717, 1.165) is 13.0 Å². The molecule has 0 bridgehead atoms. The number of amides is 1. The van der Waals surface area contributed by atoms with Crippen LogP contribution in [0.2, 0.25) is 0 Å². The standard InChI is InChI=1S/C29H50N2O4/c1-5-6-7-8-9-10-11-12-13-14-15-16-17-18-19-20-21-30-24-28(32)31-29-26(34-3)22-25(33-2)23-27(29)35-4/h12-13,22-23,30H,5-11,14-21,24H2,1-4H3,(H,31,32)/b13-12-. The maximum atomic E-state index is 12.4. The minimum Gasteiger partial charge on any atom is -0.496 e. The smallest absolute Gasteiger partial charge is 0.238 e. The topological polar surface area (TPSA) is 68.8 Å². The van der Waals surface area contributed by atoms with Gasteiger partial charge in [0.15, 0.2) is 0 Å². The summed E-state index contributed by atoms with van der Waals surface area (Å²) >= 11 is 0. The molecule has 1 aromatic carbocycles. The van der Waals surface area contributed by atoms with Gasteiger partial charge in [0.05, 0.1) is 27.9 Å². The molecule has 0 aliphatic carbocycles. The van der Waals surface area contributed by atoms with E-state index in [1.807, 2.05) is 0 Å². The van der Waals surface area contributed by atoms with E-state index < -0.39 is 0 Å². The maximum Gasteiger partial charge on any atom is 0.238 e. The Labute approximate surface area is 214 Å².